The van der Waals surface area contributed by atoms with Gasteiger partial charge in [0.15, 0.2) is 0 Å². The van der Waals surface area contributed by atoms with Crippen LogP contribution >= 0.6 is 22.9 Å². The van der Waals surface area contributed by atoms with Gasteiger partial charge in [0, 0.05) is 16.8 Å². The lowest BCUT2D eigenvalue weighted by molar-refractivity contribution is -0.127. The van der Waals surface area contributed by atoms with Gasteiger partial charge in [-0.3, -0.25) is 14.5 Å². The van der Waals surface area contributed by atoms with Crippen molar-refractivity contribution >= 4 is 50.7 Å². The van der Waals surface area contributed by atoms with E-state index in [-0.39, 0.29) is 17.9 Å². The molecule has 1 fully saturated rings. The molecule has 1 N–H and O–H groups in total. The fourth-order valence-electron chi connectivity index (χ4n) is 5.06. The van der Waals surface area contributed by atoms with Gasteiger partial charge in [-0.15, -0.1) is 11.3 Å². The van der Waals surface area contributed by atoms with Gasteiger partial charge in [0.05, 0.1) is 16.8 Å². The number of hydrogen-bond acceptors (Lipinski definition) is 3. The van der Waals surface area contributed by atoms with E-state index >= 15 is 0 Å². The van der Waals surface area contributed by atoms with Gasteiger partial charge in [0.1, 0.15) is 11.2 Å². The molecule has 0 radical (unpaired) electrons. The Balaban J connectivity index is 1.59. The molecule has 0 bridgehead atoms. The van der Waals surface area contributed by atoms with Gasteiger partial charge in [-0.25, -0.2) is 0 Å². The second kappa shape index (κ2) is 7.68. The Hall–Kier alpha value is -2.31. The van der Waals surface area contributed by atoms with Crippen LogP contribution in [-0.2, 0) is 11.3 Å². The third-order valence-corrected chi connectivity index (χ3v) is 8.01. The van der Waals surface area contributed by atoms with Crippen molar-refractivity contribution in [1.29, 1.82) is 0 Å². The highest BCUT2D eigenvalue weighted by molar-refractivity contribution is 7.17. The van der Waals surface area contributed by atoms with Gasteiger partial charge in [-0.05, 0) is 67.5 Å². The SMILES string of the molecule is C[C@@H]1CCCC[C@@H]1NC(=O)[C@]1(C)Cn2c(cc3sccc32)C(=O)N1c1ccc(Cl)cc1. The van der Waals surface area contributed by atoms with E-state index in [1.807, 2.05) is 41.1 Å². The summed E-state index contributed by atoms with van der Waals surface area (Å²) in [5.74, 6) is 0.180. The van der Waals surface area contributed by atoms with E-state index in [4.69, 9.17) is 11.6 Å². The van der Waals surface area contributed by atoms with Crippen LogP contribution in [0.4, 0.5) is 5.69 Å². The van der Waals surface area contributed by atoms with Crippen molar-refractivity contribution in [2.24, 2.45) is 5.92 Å². The Morgan fingerprint density at radius 3 is 2.68 bits per heavy atom. The van der Waals surface area contributed by atoms with E-state index < -0.39 is 5.54 Å². The molecule has 0 unspecified atom stereocenters. The number of anilines is 1. The highest BCUT2D eigenvalue weighted by atomic mass is 35.5. The fraction of sp³-hybridized carbons (Fsp3) is 0.417. The first-order valence-electron chi connectivity index (χ1n) is 10.9. The molecule has 3 aromatic rings. The van der Waals surface area contributed by atoms with E-state index in [0.717, 1.165) is 29.5 Å². The zero-order valence-corrected chi connectivity index (χ0v) is 19.3. The largest absolute Gasteiger partial charge is 0.351 e. The van der Waals surface area contributed by atoms with E-state index in [1.54, 1.807) is 28.4 Å². The lowest BCUT2D eigenvalue weighted by atomic mass is 9.85. The number of nitrogens with one attached hydrogen (secondary N) is 1. The van der Waals surface area contributed by atoms with Gasteiger partial charge in [0.2, 0.25) is 5.91 Å². The molecule has 2 aliphatic rings. The molecule has 7 heteroatoms. The van der Waals surface area contributed by atoms with Crippen LogP contribution in [-0.4, -0.2) is 28.0 Å². The van der Waals surface area contributed by atoms with Crippen molar-refractivity contribution in [3.63, 3.8) is 0 Å². The summed E-state index contributed by atoms with van der Waals surface area (Å²) >= 11 is 7.71. The summed E-state index contributed by atoms with van der Waals surface area (Å²) in [6, 6.07) is 11.3. The van der Waals surface area contributed by atoms with Gasteiger partial charge in [0.25, 0.3) is 5.91 Å². The van der Waals surface area contributed by atoms with Crippen LogP contribution in [0, 0.1) is 5.92 Å². The normalized spacial score (nSPS) is 26.2. The molecule has 3 atom stereocenters. The number of rotatable bonds is 3. The van der Waals surface area contributed by atoms with Crippen LogP contribution in [0.15, 0.2) is 41.8 Å². The maximum atomic E-state index is 13.8. The third kappa shape index (κ3) is 3.37. The first-order valence-corrected chi connectivity index (χ1v) is 12.1. The maximum Gasteiger partial charge on any atom is 0.275 e. The molecule has 2 aromatic heterocycles. The summed E-state index contributed by atoms with van der Waals surface area (Å²) in [4.78, 5) is 29.2. The molecular weight excluding hydrogens is 430 g/mol. The molecule has 1 aliphatic heterocycles. The van der Waals surface area contributed by atoms with Crippen LogP contribution < -0.4 is 10.2 Å². The van der Waals surface area contributed by atoms with Crippen molar-refractivity contribution in [2.75, 3.05) is 4.90 Å². The second-order valence-corrected chi connectivity index (χ2v) is 10.4. The molecule has 162 valence electrons. The van der Waals surface area contributed by atoms with Gasteiger partial charge < -0.3 is 9.88 Å². The van der Waals surface area contributed by atoms with Gasteiger partial charge in [-0.1, -0.05) is 31.4 Å². The summed E-state index contributed by atoms with van der Waals surface area (Å²) in [6.07, 6.45) is 4.45. The molecule has 1 saturated carbocycles. The number of nitrogens with zero attached hydrogens (tertiary/aromatic N) is 2. The standard InChI is InChI=1S/C24H26ClN3O2S/c1-15-5-3-4-6-18(15)26-23(30)24(2)14-27-19-11-12-31-21(19)13-20(27)22(29)28(24)17-9-7-16(25)8-10-17/h7-13,15,18H,3-6,14H2,1-2H3,(H,26,30)/t15-,18+,24+/m1/s1. The van der Waals surface area contributed by atoms with Crippen molar-refractivity contribution in [1.82, 2.24) is 9.88 Å². The Morgan fingerprint density at radius 1 is 1.19 bits per heavy atom. The van der Waals surface area contributed by atoms with Crippen LogP contribution in [0.5, 0.6) is 0 Å². The number of carbonyl (C=O) groups is 2. The quantitative estimate of drug-likeness (QED) is 0.569. The maximum absolute atomic E-state index is 13.8. The first-order chi connectivity index (χ1) is 14.9. The Kier molecular flexibility index (Phi) is 5.10. The Morgan fingerprint density at radius 2 is 1.94 bits per heavy atom. The zero-order valence-electron chi connectivity index (χ0n) is 17.7. The predicted molar refractivity (Wildman–Crippen MR) is 126 cm³/mol. The lowest BCUT2D eigenvalue weighted by Crippen LogP contribution is -2.65. The zero-order chi connectivity index (χ0) is 21.8. The van der Waals surface area contributed by atoms with Crippen LogP contribution in [0.2, 0.25) is 5.02 Å². The van der Waals surface area contributed by atoms with E-state index in [0.29, 0.717) is 28.9 Å². The number of amides is 2. The van der Waals surface area contributed by atoms with E-state index in [1.165, 1.54) is 6.42 Å². The molecular formula is C24H26ClN3O2S. The summed E-state index contributed by atoms with van der Waals surface area (Å²) in [7, 11) is 0. The monoisotopic (exact) mass is 455 g/mol. The van der Waals surface area contributed by atoms with Crippen LogP contribution in [0.3, 0.4) is 0 Å². The average molecular weight is 456 g/mol. The molecule has 0 spiro atoms. The van der Waals surface area contributed by atoms with E-state index in [2.05, 4.69) is 12.2 Å². The highest BCUT2D eigenvalue weighted by Gasteiger charge is 2.49. The number of carbonyl (C=O) groups excluding carboxylic acids is 2. The van der Waals surface area contributed by atoms with Crippen molar-refractivity contribution in [2.45, 2.75) is 57.7 Å². The minimum absolute atomic E-state index is 0.0997. The number of benzene rings is 1. The molecule has 1 aromatic carbocycles. The fourth-order valence-corrected chi connectivity index (χ4v) is 6.01. The molecule has 3 heterocycles. The second-order valence-electron chi connectivity index (χ2n) is 9.02. The molecule has 2 amide bonds. The Labute approximate surface area is 191 Å². The van der Waals surface area contributed by atoms with Crippen molar-refractivity contribution < 1.29 is 9.59 Å². The molecule has 31 heavy (non-hydrogen) atoms. The minimum Gasteiger partial charge on any atom is -0.351 e. The first kappa shape index (κ1) is 20.6. The van der Waals surface area contributed by atoms with Crippen LogP contribution in [0.1, 0.15) is 50.0 Å². The third-order valence-electron chi connectivity index (χ3n) is 6.91. The number of fused-ring (bicyclic) bond motifs is 3. The smallest absolute Gasteiger partial charge is 0.275 e. The average Bonchev–Trinajstić information content (AvgIpc) is 3.33. The lowest BCUT2D eigenvalue weighted by Gasteiger charge is -2.45. The number of aromatic nitrogens is 1. The van der Waals surface area contributed by atoms with E-state index in [9.17, 15) is 9.59 Å². The molecule has 5 rings (SSSR count). The number of hydrogen-bond donors (Lipinski definition) is 1. The Bertz CT molecular complexity index is 1150. The summed E-state index contributed by atoms with van der Waals surface area (Å²) in [6.45, 7) is 4.49. The number of thiophene rings is 1. The molecule has 1 aliphatic carbocycles. The van der Waals surface area contributed by atoms with Crippen molar-refractivity contribution in [3.8, 4) is 0 Å². The minimum atomic E-state index is -1.05. The predicted octanol–water partition coefficient (Wildman–Crippen LogP) is 5.47. The summed E-state index contributed by atoms with van der Waals surface area (Å²) in [5, 5.41) is 5.93. The number of halogens is 1. The summed E-state index contributed by atoms with van der Waals surface area (Å²) in [5.41, 5.74) is 1.25. The van der Waals surface area contributed by atoms with Gasteiger partial charge in [-0.2, -0.15) is 0 Å². The summed E-state index contributed by atoms with van der Waals surface area (Å²) < 4.78 is 3.06. The van der Waals surface area contributed by atoms with Crippen LogP contribution in [0.25, 0.3) is 10.2 Å². The highest BCUT2D eigenvalue weighted by Crippen LogP contribution is 2.38. The molecule has 0 saturated heterocycles. The van der Waals surface area contributed by atoms with Gasteiger partial charge >= 0.3 is 0 Å². The van der Waals surface area contributed by atoms with Crippen molar-refractivity contribution in [3.05, 3.63) is 52.5 Å². The topological polar surface area (TPSA) is 54.3 Å². The molecule has 5 nitrogen and oxygen atoms in total.